The van der Waals surface area contributed by atoms with Gasteiger partial charge in [0.05, 0.1) is 17.5 Å². The molecule has 0 spiro atoms. The monoisotopic (exact) mass is 409 g/mol. The van der Waals surface area contributed by atoms with E-state index in [1.807, 2.05) is 34.7 Å². The number of carbonyl (C=O) groups is 1. The molecule has 7 heteroatoms. The summed E-state index contributed by atoms with van der Waals surface area (Å²) in [6.45, 7) is 9.90. The Balaban J connectivity index is 1.47. The SMILES string of the molecule is Cc1nc2c(cnn2C(C)C)cc1C(=O)N1CCCN(Cc2ccc(F)cc2)CC1. The maximum absolute atomic E-state index is 13.3. The number of carbonyl (C=O) groups excluding carboxylic acids is 1. The van der Waals surface area contributed by atoms with Crippen LogP contribution in [0.15, 0.2) is 36.5 Å². The van der Waals surface area contributed by atoms with Gasteiger partial charge in [-0.1, -0.05) is 12.1 Å². The van der Waals surface area contributed by atoms with Crippen LogP contribution in [0.1, 0.15) is 47.9 Å². The van der Waals surface area contributed by atoms with Gasteiger partial charge in [0.25, 0.3) is 5.91 Å². The fraction of sp³-hybridized carbons (Fsp3) is 0.435. The van der Waals surface area contributed by atoms with Gasteiger partial charge in [0.2, 0.25) is 0 Å². The summed E-state index contributed by atoms with van der Waals surface area (Å²) in [6, 6.07) is 8.78. The van der Waals surface area contributed by atoms with Gasteiger partial charge < -0.3 is 4.90 Å². The molecule has 1 aliphatic heterocycles. The third kappa shape index (κ3) is 4.21. The molecule has 0 N–H and O–H groups in total. The standard InChI is InChI=1S/C23H28FN5O/c1-16(2)29-22-19(14-25-29)13-21(17(3)26-22)23(30)28-10-4-9-27(11-12-28)15-18-5-7-20(24)8-6-18/h5-8,13-14,16H,4,9-12,15H2,1-3H3. The van der Waals surface area contributed by atoms with Crippen molar-refractivity contribution in [2.75, 3.05) is 26.2 Å². The van der Waals surface area contributed by atoms with Gasteiger partial charge in [-0.25, -0.2) is 14.1 Å². The van der Waals surface area contributed by atoms with Crippen molar-refractivity contribution in [1.82, 2.24) is 24.6 Å². The molecule has 0 bridgehead atoms. The first kappa shape index (κ1) is 20.5. The number of benzene rings is 1. The van der Waals surface area contributed by atoms with E-state index in [4.69, 9.17) is 0 Å². The van der Waals surface area contributed by atoms with E-state index in [9.17, 15) is 9.18 Å². The summed E-state index contributed by atoms with van der Waals surface area (Å²) in [7, 11) is 0. The summed E-state index contributed by atoms with van der Waals surface area (Å²) in [6.07, 6.45) is 2.69. The molecular weight excluding hydrogens is 381 g/mol. The van der Waals surface area contributed by atoms with E-state index in [1.54, 1.807) is 6.20 Å². The molecule has 1 amide bonds. The smallest absolute Gasteiger partial charge is 0.255 e. The molecule has 4 rings (SSSR count). The van der Waals surface area contributed by atoms with E-state index in [-0.39, 0.29) is 17.8 Å². The lowest BCUT2D eigenvalue weighted by molar-refractivity contribution is 0.0760. The Labute approximate surface area is 176 Å². The first-order valence-corrected chi connectivity index (χ1v) is 10.5. The van der Waals surface area contributed by atoms with Crippen LogP contribution in [0.25, 0.3) is 11.0 Å². The highest BCUT2D eigenvalue weighted by Crippen LogP contribution is 2.21. The maximum atomic E-state index is 13.3. The average Bonchev–Trinajstić information content (AvgIpc) is 2.99. The van der Waals surface area contributed by atoms with Crippen LogP contribution in [0.3, 0.4) is 0 Å². The minimum atomic E-state index is -0.216. The first-order chi connectivity index (χ1) is 14.4. The van der Waals surface area contributed by atoms with Crippen molar-refractivity contribution in [3.05, 3.63) is 59.2 Å². The van der Waals surface area contributed by atoms with Crippen molar-refractivity contribution in [2.24, 2.45) is 0 Å². The van der Waals surface area contributed by atoms with Crippen LogP contribution >= 0.6 is 0 Å². The number of hydrogen-bond acceptors (Lipinski definition) is 4. The molecular formula is C23H28FN5O. The fourth-order valence-corrected chi connectivity index (χ4v) is 4.01. The lowest BCUT2D eigenvalue weighted by Crippen LogP contribution is -2.35. The lowest BCUT2D eigenvalue weighted by atomic mass is 10.1. The number of nitrogens with zero attached hydrogens (tertiary/aromatic N) is 5. The number of pyridine rings is 1. The topological polar surface area (TPSA) is 54.3 Å². The van der Waals surface area contributed by atoms with Gasteiger partial charge in [-0.05, 0) is 51.0 Å². The van der Waals surface area contributed by atoms with Gasteiger partial charge in [0.1, 0.15) is 5.82 Å². The molecule has 0 atom stereocenters. The molecule has 2 aromatic heterocycles. The van der Waals surface area contributed by atoms with Gasteiger partial charge in [0, 0.05) is 44.2 Å². The molecule has 0 unspecified atom stereocenters. The second-order valence-electron chi connectivity index (χ2n) is 8.27. The second kappa shape index (κ2) is 8.52. The molecule has 6 nitrogen and oxygen atoms in total. The van der Waals surface area contributed by atoms with Gasteiger partial charge in [-0.2, -0.15) is 5.10 Å². The first-order valence-electron chi connectivity index (χ1n) is 10.5. The van der Waals surface area contributed by atoms with Crippen LogP contribution in [0.5, 0.6) is 0 Å². The predicted molar refractivity (Wildman–Crippen MR) is 115 cm³/mol. The molecule has 3 heterocycles. The predicted octanol–water partition coefficient (Wildman–Crippen LogP) is 3.81. The number of aryl methyl sites for hydroxylation is 1. The summed E-state index contributed by atoms with van der Waals surface area (Å²) < 4.78 is 15.0. The molecule has 158 valence electrons. The number of fused-ring (bicyclic) bond motifs is 1. The van der Waals surface area contributed by atoms with E-state index in [1.165, 1.54) is 12.1 Å². The normalized spacial score (nSPS) is 15.7. The number of amides is 1. The molecule has 30 heavy (non-hydrogen) atoms. The number of aromatic nitrogens is 3. The summed E-state index contributed by atoms with van der Waals surface area (Å²) in [5, 5.41) is 5.31. The van der Waals surface area contributed by atoms with Crippen LogP contribution in [0.4, 0.5) is 4.39 Å². The summed E-state index contributed by atoms with van der Waals surface area (Å²) >= 11 is 0. The zero-order valence-corrected chi connectivity index (χ0v) is 17.8. The van der Waals surface area contributed by atoms with E-state index in [0.29, 0.717) is 12.1 Å². The summed E-state index contributed by atoms with van der Waals surface area (Å²) in [4.78, 5) is 22.2. The highest BCUT2D eigenvalue weighted by atomic mass is 19.1. The Morgan fingerprint density at radius 1 is 1.13 bits per heavy atom. The van der Waals surface area contributed by atoms with Gasteiger partial charge >= 0.3 is 0 Å². The number of halogens is 1. The molecule has 1 aliphatic rings. The minimum absolute atomic E-state index is 0.0304. The molecule has 0 saturated carbocycles. The van der Waals surface area contributed by atoms with E-state index in [2.05, 4.69) is 28.8 Å². The van der Waals surface area contributed by atoms with Crippen LogP contribution in [-0.2, 0) is 6.54 Å². The van der Waals surface area contributed by atoms with Crippen molar-refractivity contribution in [3.8, 4) is 0 Å². The Bertz CT molecular complexity index is 1040. The van der Waals surface area contributed by atoms with Gasteiger partial charge in [-0.15, -0.1) is 0 Å². The third-order valence-electron chi connectivity index (χ3n) is 5.67. The summed E-state index contributed by atoms with van der Waals surface area (Å²) in [5.41, 5.74) is 3.30. The van der Waals surface area contributed by atoms with Crippen LogP contribution in [0, 0.1) is 12.7 Å². The molecule has 1 saturated heterocycles. The highest BCUT2D eigenvalue weighted by Gasteiger charge is 2.23. The van der Waals surface area contributed by atoms with Crippen molar-refractivity contribution >= 4 is 16.9 Å². The van der Waals surface area contributed by atoms with Crippen molar-refractivity contribution in [2.45, 2.75) is 39.8 Å². The quantitative estimate of drug-likeness (QED) is 0.658. The molecule has 3 aromatic rings. The van der Waals surface area contributed by atoms with Crippen molar-refractivity contribution in [3.63, 3.8) is 0 Å². The Morgan fingerprint density at radius 3 is 2.63 bits per heavy atom. The molecule has 1 aromatic carbocycles. The largest absolute Gasteiger partial charge is 0.337 e. The number of hydrogen-bond donors (Lipinski definition) is 0. The zero-order chi connectivity index (χ0) is 21.3. The van der Waals surface area contributed by atoms with E-state index >= 15 is 0 Å². The Hall–Kier alpha value is -2.80. The Morgan fingerprint density at radius 2 is 1.90 bits per heavy atom. The van der Waals surface area contributed by atoms with Crippen molar-refractivity contribution < 1.29 is 9.18 Å². The van der Waals surface area contributed by atoms with E-state index < -0.39 is 0 Å². The molecule has 0 radical (unpaired) electrons. The maximum Gasteiger partial charge on any atom is 0.255 e. The lowest BCUT2D eigenvalue weighted by Gasteiger charge is -2.22. The van der Waals surface area contributed by atoms with Crippen LogP contribution in [0.2, 0.25) is 0 Å². The Kier molecular flexibility index (Phi) is 5.81. The van der Waals surface area contributed by atoms with E-state index in [0.717, 1.165) is 54.9 Å². The highest BCUT2D eigenvalue weighted by molar-refractivity contribution is 5.98. The fourth-order valence-electron chi connectivity index (χ4n) is 4.01. The molecule has 1 fully saturated rings. The van der Waals surface area contributed by atoms with Gasteiger partial charge in [-0.3, -0.25) is 9.69 Å². The zero-order valence-electron chi connectivity index (χ0n) is 17.8. The summed E-state index contributed by atoms with van der Waals surface area (Å²) in [5.74, 6) is -0.186. The number of rotatable bonds is 4. The molecule has 0 aliphatic carbocycles. The van der Waals surface area contributed by atoms with Crippen LogP contribution < -0.4 is 0 Å². The second-order valence-corrected chi connectivity index (χ2v) is 8.27. The van der Waals surface area contributed by atoms with Crippen LogP contribution in [-0.4, -0.2) is 56.7 Å². The average molecular weight is 410 g/mol. The van der Waals surface area contributed by atoms with Crippen molar-refractivity contribution in [1.29, 1.82) is 0 Å². The van der Waals surface area contributed by atoms with Gasteiger partial charge in [0.15, 0.2) is 5.65 Å². The third-order valence-corrected chi connectivity index (χ3v) is 5.67. The minimum Gasteiger partial charge on any atom is -0.337 e.